The molecule has 0 heterocycles. The van der Waals surface area contributed by atoms with E-state index in [-0.39, 0.29) is 0 Å². The van der Waals surface area contributed by atoms with Gasteiger partial charge >= 0.3 is 0 Å². The summed E-state index contributed by atoms with van der Waals surface area (Å²) >= 11 is 3.50. The SMILES string of the molecule is CCC(CCBr)CNC(=O)C1CCC2CCCCC2C1. The van der Waals surface area contributed by atoms with Crippen molar-refractivity contribution in [1.82, 2.24) is 5.32 Å². The Hall–Kier alpha value is -0.0500. The number of carbonyl (C=O) groups excluding carboxylic acids is 1. The lowest BCUT2D eigenvalue weighted by Gasteiger charge is -2.38. The first-order valence-corrected chi connectivity index (χ1v) is 9.70. The van der Waals surface area contributed by atoms with Crippen LogP contribution in [0.15, 0.2) is 0 Å². The van der Waals surface area contributed by atoms with Gasteiger partial charge in [0.1, 0.15) is 0 Å². The number of rotatable bonds is 6. The minimum Gasteiger partial charge on any atom is -0.356 e. The Morgan fingerprint density at radius 3 is 2.65 bits per heavy atom. The summed E-state index contributed by atoms with van der Waals surface area (Å²) in [6, 6.07) is 0. The zero-order valence-electron chi connectivity index (χ0n) is 12.9. The molecule has 0 radical (unpaired) electrons. The Morgan fingerprint density at radius 2 is 1.95 bits per heavy atom. The number of halogens is 1. The van der Waals surface area contributed by atoms with Crippen LogP contribution < -0.4 is 5.32 Å². The van der Waals surface area contributed by atoms with Gasteiger partial charge in [-0.3, -0.25) is 4.79 Å². The van der Waals surface area contributed by atoms with E-state index in [1.807, 2.05) is 0 Å². The quantitative estimate of drug-likeness (QED) is 0.705. The van der Waals surface area contributed by atoms with E-state index < -0.39 is 0 Å². The molecule has 1 amide bonds. The lowest BCUT2D eigenvalue weighted by molar-refractivity contribution is -0.127. The number of alkyl halides is 1. The van der Waals surface area contributed by atoms with Gasteiger partial charge in [0.15, 0.2) is 0 Å². The molecule has 2 rings (SSSR count). The van der Waals surface area contributed by atoms with Crippen LogP contribution in [0.1, 0.15) is 64.7 Å². The topological polar surface area (TPSA) is 29.1 Å². The summed E-state index contributed by atoms with van der Waals surface area (Å²) in [4.78, 5) is 12.4. The average Bonchev–Trinajstić information content (AvgIpc) is 2.50. The highest BCUT2D eigenvalue weighted by Gasteiger charge is 2.34. The number of nitrogens with one attached hydrogen (secondary N) is 1. The maximum Gasteiger partial charge on any atom is 0.223 e. The highest BCUT2D eigenvalue weighted by molar-refractivity contribution is 9.09. The molecular weight excluding hydrogens is 314 g/mol. The first-order chi connectivity index (χ1) is 9.74. The van der Waals surface area contributed by atoms with Gasteiger partial charge in [-0.05, 0) is 43.4 Å². The van der Waals surface area contributed by atoms with E-state index in [2.05, 4.69) is 28.2 Å². The Morgan fingerprint density at radius 1 is 1.20 bits per heavy atom. The van der Waals surface area contributed by atoms with Crippen molar-refractivity contribution in [2.75, 3.05) is 11.9 Å². The number of fused-ring (bicyclic) bond motifs is 1. The minimum atomic E-state index is 0.302. The summed E-state index contributed by atoms with van der Waals surface area (Å²) in [6.07, 6.45) is 11.5. The highest BCUT2D eigenvalue weighted by atomic mass is 79.9. The number of amides is 1. The van der Waals surface area contributed by atoms with Gasteiger partial charge in [0.2, 0.25) is 5.91 Å². The largest absolute Gasteiger partial charge is 0.356 e. The molecule has 0 aromatic rings. The summed E-state index contributed by atoms with van der Waals surface area (Å²) in [5.41, 5.74) is 0. The standard InChI is InChI=1S/C17H30BrNO/c1-2-13(9-10-18)12-19-17(20)16-8-7-14-5-3-4-6-15(14)11-16/h13-16H,2-12H2,1H3,(H,19,20). The van der Waals surface area contributed by atoms with E-state index in [1.54, 1.807) is 0 Å². The Labute approximate surface area is 132 Å². The summed E-state index contributed by atoms with van der Waals surface area (Å²) in [7, 11) is 0. The molecule has 2 aliphatic rings. The fourth-order valence-corrected chi connectivity index (χ4v) is 4.75. The van der Waals surface area contributed by atoms with Crippen LogP contribution >= 0.6 is 15.9 Å². The molecule has 116 valence electrons. The summed E-state index contributed by atoms with van der Waals surface area (Å²) < 4.78 is 0. The van der Waals surface area contributed by atoms with Crippen molar-refractivity contribution < 1.29 is 4.79 Å². The van der Waals surface area contributed by atoms with Crippen LogP contribution in [0, 0.1) is 23.7 Å². The van der Waals surface area contributed by atoms with Crippen LogP contribution in [-0.2, 0) is 4.79 Å². The molecule has 0 aromatic heterocycles. The third kappa shape index (κ3) is 4.47. The third-order valence-corrected chi connectivity index (χ3v) is 6.03. The monoisotopic (exact) mass is 343 g/mol. The van der Waals surface area contributed by atoms with Crippen molar-refractivity contribution in [3.63, 3.8) is 0 Å². The van der Waals surface area contributed by atoms with Crippen molar-refractivity contribution in [3.05, 3.63) is 0 Å². The van der Waals surface area contributed by atoms with E-state index >= 15 is 0 Å². The molecule has 2 fully saturated rings. The summed E-state index contributed by atoms with van der Waals surface area (Å²) in [5.74, 6) is 3.05. The van der Waals surface area contributed by atoms with Crippen molar-refractivity contribution >= 4 is 21.8 Å². The van der Waals surface area contributed by atoms with E-state index in [0.29, 0.717) is 17.7 Å². The van der Waals surface area contributed by atoms with E-state index in [0.717, 1.165) is 49.4 Å². The third-order valence-electron chi connectivity index (χ3n) is 5.57. The maximum absolute atomic E-state index is 12.4. The van der Waals surface area contributed by atoms with Gasteiger partial charge in [0.05, 0.1) is 0 Å². The number of hydrogen-bond donors (Lipinski definition) is 1. The smallest absolute Gasteiger partial charge is 0.223 e. The first kappa shape index (κ1) is 16.3. The second-order valence-electron chi connectivity index (χ2n) is 6.81. The van der Waals surface area contributed by atoms with Gasteiger partial charge in [-0.2, -0.15) is 0 Å². The van der Waals surface area contributed by atoms with Gasteiger partial charge in [0.25, 0.3) is 0 Å². The Bertz CT molecular complexity index is 307. The van der Waals surface area contributed by atoms with Crippen molar-refractivity contribution in [2.45, 2.75) is 64.7 Å². The van der Waals surface area contributed by atoms with Gasteiger partial charge in [-0.25, -0.2) is 0 Å². The molecule has 2 saturated carbocycles. The average molecular weight is 344 g/mol. The van der Waals surface area contributed by atoms with Gasteiger partial charge in [-0.15, -0.1) is 0 Å². The second kappa shape index (κ2) is 8.41. The van der Waals surface area contributed by atoms with Crippen molar-refractivity contribution in [2.24, 2.45) is 23.7 Å². The van der Waals surface area contributed by atoms with Crippen LogP contribution in [0.3, 0.4) is 0 Å². The van der Waals surface area contributed by atoms with Crippen LogP contribution in [0.25, 0.3) is 0 Å². The summed E-state index contributed by atoms with van der Waals surface area (Å²) in [6.45, 7) is 3.08. The molecule has 0 spiro atoms. The predicted molar refractivity (Wildman–Crippen MR) is 88.0 cm³/mol. The molecule has 2 nitrogen and oxygen atoms in total. The fourth-order valence-electron chi connectivity index (χ4n) is 4.11. The van der Waals surface area contributed by atoms with Crippen LogP contribution in [-0.4, -0.2) is 17.8 Å². The van der Waals surface area contributed by atoms with E-state index in [9.17, 15) is 4.79 Å². The van der Waals surface area contributed by atoms with Crippen molar-refractivity contribution in [3.8, 4) is 0 Å². The zero-order valence-corrected chi connectivity index (χ0v) is 14.5. The lowest BCUT2D eigenvalue weighted by atomic mass is 9.67. The van der Waals surface area contributed by atoms with Crippen LogP contribution in [0.5, 0.6) is 0 Å². The van der Waals surface area contributed by atoms with Crippen LogP contribution in [0.4, 0.5) is 0 Å². The molecule has 2 aliphatic carbocycles. The normalized spacial score (nSPS) is 31.4. The molecule has 1 N–H and O–H groups in total. The van der Waals surface area contributed by atoms with E-state index in [4.69, 9.17) is 0 Å². The molecule has 0 aromatic carbocycles. The molecule has 0 bridgehead atoms. The molecule has 20 heavy (non-hydrogen) atoms. The molecule has 4 unspecified atom stereocenters. The molecule has 0 saturated heterocycles. The Balaban J connectivity index is 1.75. The number of hydrogen-bond acceptors (Lipinski definition) is 1. The molecule has 0 aliphatic heterocycles. The van der Waals surface area contributed by atoms with Gasteiger partial charge < -0.3 is 5.32 Å². The fraction of sp³-hybridized carbons (Fsp3) is 0.941. The maximum atomic E-state index is 12.4. The van der Waals surface area contributed by atoms with Gasteiger partial charge in [-0.1, -0.05) is 55.0 Å². The Kier molecular flexibility index (Phi) is 6.86. The predicted octanol–water partition coefficient (Wildman–Crippen LogP) is 4.52. The van der Waals surface area contributed by atoms with Crippen molar-refractivity contribution in [1.29, 1.82) is 0 Å². The number of carbonyl (C=O) groups is 1. The summed E-state index contributed by atoms with van der Waals surface area (Å²) in [5, 5.41) is 4.26. The van der Waals surface area contributed by atoms with E-state index in [1.165, 1.54) is 32.1 Å². The van der Waals surface area contributed by atoms with Gasteiger partial charge in [0, 0.05) is 17.8 Å². The van der Waals surface area contributed by atoms with Crippen LogP contribution in [0.2, 0.25) is 0 Å². The molecule has 3 heteroatoms. The zero-order chi connectivity index (χ0) is 14.4. The first-order valence-electron chi connectivity index (χ1n) is 8.58. The minimum absolute atomic E-state index is 0.302. The highest BCUT2D eigenvalue weighted by Crippen LogP contribution is 2.42. The second-order valence-corrected chi connectivity index (χ2v) is 7.60. The molecule has 4 atom stereocenters. The molecular formula is C17H30BrNO. The lowest BCUT2D eigenvalue weighted by Crippen LogP contribution is -2.39.